The predicted octanol–water partition coefficient (Wildman–Crippen LogP) is 14.5. The number of aliphatic hydroxyl groups excluding tert-OH is 2. The normalized spacial score (nSPS) is 30.5. The molecule has 16 nitrogen and oxygen atoms in total. The summed E-state index contributed by atoms with van der Waals surface area (Å²) in [5.41, 5.74) is 1.12. The monoisotopic (exact) mass is 1450 g/mol. The molecule has 2 saturated carbocycles. The third-order valence-corrected chi connectivity index (χ3v) is 20.3. The number of hydrogen-bond donors (Lipinski definition) is 2. The van der Waals surface area contributed by atoms with Gasteiger partial charge in [-0.3, -0.25) is 20.0 Å². The molecular weight excluding hydrogens is 1330 g/mol. The quantitative estimate of drug-likeness (QED) is 0.0791. The van der Waals surface area contributed by atoms with E-state index in [2.05, 4.69) is 94.6 Å². The average Bonchev–Trinajstić information content (AvgIpc) is 2.31. The first-order valence-electron chi connectivity index (χ1n) is 35.3. The summed E-state index contributed by atoms with van der Waals surface area (Å²) >= 11 is 0. The maximum atomic E-state index is 10.8. The van der Waals surface area contributed by atoms with Crippen LogP contribution in [0.1, 0.15) is 200 Å². The van der Waals surface area contributed by atoms with Crippen molar-refractivity contribution in [2.24, 2.45) is 79.1 Å². The molecule has 9 atom stereocenters. The summed E-state index contributed by atoms with van der Waals surface area (Å²) in [6, 6.07) is 1.52. The van der Waals surface area contributed by atoms with Crippen molar-refractivity contribution >= 4 is 24.9 Å². The molecule has 90 heavy (non-hydrogen) atoms. The Labute approximate surface area is 590 Å². The first-order chi connectivity index (χ1) is 41.3. The van der Waals surface area contributed by atoms with Crippen LogP contribution >= 0.6 is 0 Å². The molecule has 8 aliphatic heterocycles. The Morgan fingerprint density at radius 2 is 0.700 bits per heavy atom. The summed E-state index contributed by atoms with van der Waals surface area (Å²) in [6.07, 6.45) is 49.7. The molecule has 8 heterocycles. The average molecular weight is 1450 g/mol. The van der Waals surface area contributed by atoms with E-state index in [-0.39, 0.29) is 115 Å². The third kappa shape index (κ3) is 36.8. The number of aliphatic imine (C=N–C) groups is 4. The molecule has 10 rings (SSSR count). The van der Waals surface area contributed by atoms with Gasteiger partial charge in [0.15, 0.2) is 0 Å². The minimum Gasteiger partial charge on any atom is -0.685 e. The molecule has 9 unspecified atom stereocenters. The topological polar surface area (TPSA) is 266 Å². The van der Waals surface area contributed by atoms with Crippen molar-refractivity contribution in [2.75, 3.05) is 105 Å². The van der Waals surface area contributed by atoms with Crippen LogP contribution in [0.2, 0.25) is 0 Å². The minimum atomic E-state index is -0.371. The molecular formula is C70H124Cu4N12O4-4. The van der Waals surface area contributed by atoms with Gasteiger partial charge in [-0.25, -0.2) is 0 Å². The Bertz CT molecular complexity index is 1760. The van der Waals surface area contributed by atoms with Gasteiger partial charge in [-0.05, 0) is 86.9 Å². The standard InChI is InChI=1S/C23H40N4O.C23H36N4O.2C12H22N2.4Cu.2H2O/c2*1-18-14-19(16-24-12-8-21-6-2-4-10-26-21)23(28)20(15-18)17-25-13-9-22-7-3-5-11-27-22;2*1(11-3-7-13-8-4-11)2-12-5-9-14-10-6-12;;;;;;/h16-23,28H,2-15H2,1H3;2,4,6,16-20,22-23,28H,3,5,7-15H2,1H3;2*11-12H,1-10H2;;;;;2*1H2/q4*-2;4*+1;;. The van der Waals surface area contributed by atoms with E-state index in [1.807, 2.05) is 24.9 Å². The maximum absolute atomic E-state index is 10.8. The van der Waals surface area contributed by atoms with E-state index in [0.29, 0.717) is 30.0 Å². The number of allylic oxidation sites excluding steroid dienone is 2. The fourth-order valence-electron chi connectivity index (χ4n) is 14.7. The van der Waals surface area contributed by atoms with Crippen molar-refractivity contribution in [1.29, 1.82) is 0 Å². The van der Waals surface area contributed by atoms with Gasteiger partial charge in [-0.15, -0.1) is 103 Å². The molecule has 20 heteroatoms. The van der Waals surface area contributed by atoms with E-state index in [4.69, 9.17) is 0 Å². The van der Waals surface area contributed by atoms with Gasteiger partial charge >= 0.3 is 68.3 Å². The number of rotatable bonds is 22. The second kappa shape index (κ2) is 54.6. The van der Waals surface area contributed by atoms with Crippen LogP contribution in [0.5, 0.6) is 0 Å². The molecule has 0 spiro atoms. The molecule has 0 bridgehead atoms. The van der Waals surface area contributed by atoms with Gasteiger partial charge in [-0.1, -0.05) is 161 Å². The van der Waals surface area contributed by atoms with Crippen LogP contribution in [0, 0.1) is 59.2 Å². The van der Waals surface area contributed by atoms with Crippen LogP contribution in [0.25, 0.3) is 42.5 Å². The van der Waals surface area contributed by atoms with Crippen LogP contribution in [-0.2, 0) is 68.3 Å². The molecule has 10 aliphatic rings. The number of aliphatic hydroxyl groups is 2. The van der Waals surface area contributed by atoms with Crippen molar-refractivity contribution in [2.45, 2.75) is 230 Å². The van der Waals surface area contributed by atoms with Gasteiger partial charge in [0.1, 0.15) is 0 Å². The zero-order valence-electron chi connectivity index (χ0n) is 55.5. The van der Waals surface area contributed by atoms with Crippen molar-refractivity contribution in [3.05, 3.63) is 66.5 Å². The van der Waals surface area contributed by atoms with Gasteiger partial charge in [0.25, 0.3) is 0 Å². The Morgan fingerprint density at radius 3 is 0.967 bits per heavy atom. The van der Waals surface area contributed by atoms with Crippen LogP contribution in [0.3, 0.4) is 0 Å². The van der Waals surface area contributed by atoms with Crippen LogP contribution in [-0.4, -0.2) is 181 Å². The van der Waals surface area contributed by atoms with Gasteiger partial charge in [0.2, 0.25) is 0 Å². The molecule has 2 aliphatic carbocycles. The third-order valence-electron chi connectivity index (χ3n) is 20.3. The van der Waals surface area contributed by atoms with E-state index in [9.17, 15) is 10.2 Å². The van der Waals surface area contributed by atoms with Crippen molar-refractivity contribution in [3.63, 3.8) is 0 Å². The van der Waals surface area contributed by atoms with Crippen molar-refractivity contribution in [3.8, 4) is 0 Å². The first-order valence-corrected chi connectivity index (χ1v) is 35.3. The van der Waals surface area contributed by atoms with Crippen molar-refractivity contribution in [1.82, 2.24) is 0 Å². The minimum absolute atomic E-state index is 0. The Hall–Kier alpha value is -0.402. The van der Waals surface area contributed by atoms with E-state index in [1.165, 1.54) is 135 Å². The largest absolute Gasteiger partial charge is 1.00 e. The van der Waals surface area contributed by atoms with E-state index in [0.717, 1.165) is 185 Å². The van der Waals surface area contributed by atoms with E-state index in [1.54, 1.807) is 0 Å². The first kappa shape index (κ1) is 87.6. The molecule has 0 amide bonds. The summed E-state index contributed by atoms with van der Waals surface area (Å²) in [5.74, 6) is 5.77. The molecule has 9 fully saturated rings. The fourth-order valence-corrected chi connectivity index (χ4v) is 14.7. The van der Waals surface area contributed by atoms with Gasteiger partial charge in [0.05, 0.1) is 12.2 Å². The summed E-state index contributed by atoms with van der Waals surface area (Å²) in [6.45, 7) is 20.7. The molecule has 536 valence electrons. The summed E-state index contributed by atoms with van der Waals surface area (Å²) in [4.78, 5) is 18.6. The summed E-state index contributed by atoms with van der Waals surface area (Å²) in [7, 11) is 0. The van der Waals surface area contributed by atoms with Crippen LogP contribution < -0.4 is 0 Å². The van der Waals surface area contributed by atoms with E-state index >= 15 is 0 Å². The number of nitrogens with zero attached hydrogens (tertiary/aromatic N) is 12. The molecule has 0 aromatic rings. The summed E-state index contributed by atoms with van der Waals surface area (Å²) in [5, 5.41) is 57.7. The molecule has 7 saturated heterocycles. The molecule has 0 aromatic carbocycles. The molecule has 0 radical (unpaired) electrons. The Morgan fingerprint density at radius 1 is 0.400 bits per heavy atom. The predicted molar refractivity (Wildman–Crippen MR) is 367 cm³/mol. The zero-order chi connectivity index (χ0) is 58.5. The fraction of sp³-hybridized carbons (Fsp3) is 0.886. The molecule has 6 N–H and O–H groups in total. The number of piperidine rings is 7. The molecule has 0 aromatic heterocycles. The van der Waals surface area contributed by atoms with E-state index < -0.39 is 0 Å². The maximum Gasteiger partial charge on any atom is 1.00 e. The summed E-state index contributed by atoms with van der Waals surface area (Å²) < 4.78 is 0. The van der Waals surface area contributed by atoms with Gasteiger partial charge < -0.3 is 63.7 Å². The van der Waals surface area contributed by atoms with Crippen LogP contribution in [0.15, 0.2) is 43.9 Å². The van der Waals surface area contributed by atoms with Gasteiger partial charge in [0, 0.05) is 74.7 Å². The van der Waals surface area contributed by atoms with Crippen LogP contribution in [0.4, 0.5) is 0 Å². The smallest absolute Gasteiger partial charge is 0.685 e. The zero-order valence-corrected chi connectivity index (χ0v) is 59.3. The van der Waals surface area contributed by atoms with Crippen molar-refractivity contribution < 1.29 is 89.4 Å². The van der Waals surface area contributed by atoms with Gasteiger partial charge in [-0.2, -0.15) is 5.70 Å². The second-order valence-corrected chi connectivity index (χ2v) is 27.3. The Kier molecular flexibility index (Phi) is 53.1. The Balaban J connectivity index is 0.000000613. The second-order valence-electron chi connectivity index (χ2n) is 27.3. The number of hydrogen-bond acceptors (Lipinski definition) is 6. The SMILES string of the molecule is C1CC(CCC2CC[N-]CC2)CC[N-]1.C1CC(CCC2CC[N-]CC2)CC[N-]1.CC1CC(C=NCCC2=CC=CC[N-]2)C(O)C(C=NCCC2CCCC[N-]2)C1.CC1CC(C=NCCC2CCCC[N-]2)C(O)C(C=NCCC2CCCC[N-]2)C1.O.O.[Cu+].[Cu+].[Cu+].[Cu+].